The fraction of sp³-hybridized carbons (Fsp3) is 0.357. The van der Waals surface area contributed by atoms with Gasteiger partial charge in [0.2, 0.25) is 0 Å². The van der Waals surface area contributed by atoms with E-state index in [1.807, 2.05) is 26.0 Å². The Bertz CT molecular complexity index is 756. The lowest BCUT2D eigenvalue weighted by atomic mass is 10.2. The number of aromatic nitrogens is 3. The van der Waals surface area contributed by atoms with Crippen LogP contribution in [0.5, 0.6) is 0 Å². The van der Waals surface area contributed by atoms with Crippen molar-refractivity contribution in [1.29, 1.82) is 0 Å². The van der Waals surface area contributed by atoms with Crippen LogP contribution >= 0.6 is 0 Å². The first-order chi connectivity index (χ1) is 9.61. The van der Waals surface area contributed by atoms with E-state index in [-0.39, 0.29) is 23.1 Å². The molecule has 0 saturated carbocycles. The molecule has 1 amide bonds. The number of hydrogen-bond acceptors (Lipinski definition) is 3. The Morgan fingerprint density at radius 1 is 1.55 bits per heavy atom. The zero-order valence-corrected chi connectivity index (χ0v) is 11.5. The van der Waals surface area contributed by atoms with Crippen molar-refractivity contribution in [3.05, 3.63) is 46.0 Å². The molecule has 2 aromatic rings. The summed E-state index contributed by atoms with van der Waals surface area (Å²) in [6.07, 6.45) is 6.16. The van der Waals surface area contributed by atoms with Gasteiger partial charge >= 0.3 is 0 Å². The Labute approximate surface area is 115 Å². The molecule has 104 valence electrons. The molecule has 6 nitrogen and oxygen atoms in total. The topological polar surface area (TPSA) is 70.5 Å². The number of rotatable bonds is 2. The second-order valence-electron chi connectivity index (χ2n) is 4.97. The Morgan fingerprint density at radius 3 is 3.10 bits per heavy atom. The number of amides is 1. The molecular formula is C14H16N4O2. The third-order valence-corrected chi connectivity index (χ3v) is 3.59. The number of hydrogen-bond donors (Lipinski definition) is 1. The molecule has 3 rings (SSSR count). The van der Waals surface area contributed by atoms with Crippen molar-refractivity contribution in [1.82, 2.24) is 19.5 Å². The highest BCUT2D eigenvalue weighted by atomic mass is 16.2. The molecule has 0 aliphatic carbocycles. The van der Waals surface area contributed by atoms with Crippen LogP contribution in [0.25, 0.3) is 5.65 Å². The minimum atomic E-state index is -0.352. The summed E-state index contributed by atoms with van der Waals surface area (Å²) in [7, 11) is 0. The highest BCUT2D eigenvalue weighted by Gasteiger charge is 2.27. The van der Waals surface area contributed by atoms with Crippen LogP contribution in [-0.2, 0) is 0 Å². The Kier molecular flexibility index (Phi) is 2.93. The average molecular weight is 272 g/mol. The van der Waals surface area contributed by atoms with E-state index in [0.29, 0.717) is 12.2 Å². The maximum absolute atomic E-state index is 12.5. The van der Waals surface area contributed by atoms with E-state index in [1.165, 1.54) is 10.7 Å². The number of nitrogens with zero attached hydrogens (tertiary/aromatic N) is 3. The van der Waals surface area contributed by atoms with Crippen molar-refractivity contribution < 1.29 is 4.79 Å². The smallest absolute Gasteiger partial charge is 0.285 e. The molecule has 0 radical (unpaired) electrons. The zero-order chi connectivity index (χ0) is 14.3. The summed E-state index contributed by atoms with van der Waals surface area (Å²) >= 11 is 0. The fourth-order valence-corrected chi connectivity index (χ4v) is 2.54. The molecule has 0 aromatic carbocycles. The first kappa shape index (κ1) is 12.7. The Hall–Kier alpha value is -2.37. The summed E-state index contributed by atoms with van der Waals surface area (Å²) in [4.78, 5) is 30.7. The number of aryl methyl sites for hydroxylation is 1. The van der Waals surface area contributed by atoms with Crippen molar-refractivity contribution >= 4 is 11.6 Å². The molecule has 0 fully saturated rings. The lowest BCUT2D eigenvalue weighted by Gasteiger charge is -2.23. The van der Waals surface area contributed by atoms with Gasteiger partial charge in [-0.05, 0) is 13.3 Å². The second kappa shape index (κ2) is 4.63. The van der Waals surface area contributed by atoms with Crippen LogP contribution < -0.4 is 5.56 Å². The quantitative estimate of drug-likeness (QED) is 0.833. The van der Waals surface area contributed by atoms with Crippen LogP contribution in [0, 0.1) is 6.92 Å². The van der Waals surface area contributed by atoms with Crippen molar-refractivity contribution in [2.75, 3.05) is 6.54 Å². The van der Waals surface area contributed by atoms with Crippen LogP contribution in [0.1, 0.15) is 29.4 Å². The first-order valence-electron chi connectivity index (χ1n) is 6.67. The maximum Gasteiger partial charge on any atom is 0.285 e. The Morgan fingerprint density at radius 2 is 2.35 bits per heavy atom. The van der Waals surface area contributed by atoms with Crippen LogP contribution in [0.15, 0.2) is 29.2 Å². The van der Waals surface area contributed by atoms with Gasteiger partial charge in [0, 0.05) is 24.5 Å². The van der Waals surface area contributed by atoms with Crippen LogP contribution in [-0.4, -0.2) is 38.0 Å². The van der Waals surface area contributed by atoms with Crippen LogP contribution in [0.2, 0.25) is 0 Å². The van der Waals surface area contributed by atoms with Crippen molar-refractivity contribution in [3.63, 3.8) is 0 Å². The predicted molar refractivity (Wildman–Crippen MR) is 74.8 cm³/mol. The van der Waals surface area contributed by atoms with Gasteiger partial charge in [0.15, 0.2) is 5.65 Å². The summed E-state index contributed by atoms with van der Waals surface area (Å²) in [5.74, 6) is -0.263. The highest BCUT2D eigenvalue weighted by Crippen LogP contribution is 2.15. The Balaban J connectivity index is 2.04. The molecule has 6 heteroatoms. The zero-order valence-electron chi connectivity index (χ0n) is 11.5. The van der Waals surface area contributed by atoms with Gasteiger partial charge in [0.25, 0.3) is 11.5 Å². The van der Waals surface area contributed by atoms with E-state index in [0.717, 1.165) is 12.1 Å². The molecule has 0 bridgehead atoms. The monoisotopic (exact) mass is 272 g/mol. The fourth-order valence-electron chi connectivity index (χ4n) is 2.54. The predicted octanol–water partition coefficient (Wildman–Crippen LogP) is 1.12. The number of nitrogens with one attached hydrogen (secondary N) is 1. The van der Waals surface area contributed by atoms with Crippen molar-refractivity contribution in [2.45, 2.75) is 26.3 Å². The highest BCUT2D eigenvalue weighted by molar-refractivity contribution is 5.94. The largest absolute Gasteiger partial charge is 0.328 e. The van der Waals surface area contributed by atoms with Crippen LogP contribution in [0.3, 0.4) is 0 Å². The van der Waals surface area contributed by atoms with Gasteiger partial charge in [-0.25, -0.2) is 9.50 Å². The number of fused-ring (bicyclic) bond motifs is 1. The first-order valence-corrected chi connectivity index (χ1v) is 6.67. The number of aromatic amines is 1. The van der Waals surface area contributed by atoms with Gasteiger partial charge < -0.3 is 4.90 Å². The van der Waals surface area contributed by atoms with E-state index < -0.39 is 0 Å². The van der Waals surface area contributed by atoms with Gasteiger partial charge in [0.1, 0.15) is 5.56 Å². The number of carbonyl (C=O) groups excluding carboxylic acids is 1. The minimum absolute atomic E-state index is 0.0629. The van der Waals surface area contributed by atoms with E-state index in [1.54, 1.807) is 11.0 Å². The van der Waals surface area contributed by atoms with Crippen molar-refractivity contribution in [2.24, 2.45) is 0 Å². The van der Waals surface area contributed by atoms with Gasteiger partial charge in [-0.1, -0.05) is 19.1 Å². The van der Waals surface area contributed by atoms with E-state index >= 15 is 0 Å². The summed E-state index contributed by atoms with van der Waals surface area (Å²) in [6.45, 7) is 4.40. The molecular weight excluding hydrogens is 256 g/mol. The molecule has 20 heavy (non-hydrogen) atoms. The summed E-state index contributed by atoms with van der Waals surface area (Å²) in [6, 6.07) is 1.83. The molecule has 0 saturated heterocycles. The summed E-state index contributed by atoms with van der Waals surface area (Å²) in [5.41, 5.74) is 1.10. The summed E-state index contributed by atoms with van der Waals surface area (Å²) in [5, 5.41) is 2.89. The number of carbonyl (C=O) groups is 1. The molecule has 0 unspecified atom stereocenters. The molecule has 0 spiro atoms. The lowest BCUT2D eigenvalue weighted by molar-refractivity contribution is 0.0745. The van der Waals surface area contributed by atoms with Gasteiger partial charge in [-0.15, -0.1) is 0 Å². The van der Waals surface area contributed by atoms with Crippen LogP contribution in [0.4, 0.5) is 0 Å². The van der Waals surface area contributed by atoms with E-state index in [4.69, 9.17) is 0 Å². The van der Waals surface area contributed by atoms with Crippen molar-refractivity contribution in [3.8, 4) is 0 Å². The standard InChI is InChI=1S/C14H16N4O2/c1-3-10-5-4-6-17(10)13(19)11-8-15-12-7-9(2)16-18(12)14(11)20/h4-5,7-8,10,16H,3,6H2,1-2H3/t10-/m0/s1. The molecule has 2 aromatic heterocycles. The minimum Gasteiger partial charge on any atom is -0.328 e. The SMILES string of the molecule is CC[C@H]1C=CCN1C(=O)c1cnc2cc(C)[nH]n2c1=O. The van der Waals surface area contributed by atoms with Gasteiger partial charge in [-0.3, -0.25) is 14.7 Å². The van der Waals surface area contributed by atoms with Gasteiger partial charge in [0.05, 0.1) is 6.04 Å². The molecule has 1 atom stereocenters. The third kappa shape index (κ3) is 1.84. The molecule has 1 aliphatic heterocycles. The van der Waals surface area contributed by atoms with E-state index in [2.05, 4.69) is 10.1 Å². The normalized spacial score (nSPS) is 18.1. The molecule has 1 aliphatic rings. The second-order valence-corrected chi connectivity index (χ2v) is 4.97. The summed E-state index contributed by atoms with van der Waals surface area (Å²) < 4.78 is 1.31. The molecule has 3 heterocycles. The maximum atomic E-state index is 12.5. The lowest BCUT2D eigenvalue weighted by Crippen LogP contribution is -2.39. The third-order valence-electron chi connectivity index (χ3n) is 3.59. The van der Waals surface area contributed by atoms with E-state index in [9.17, 15) is 9.59 Å². The van der Waals surface area contributed by atoms with Gasteiger partial charge in [-0.2, -0.15) is 0 Å². The molecule has 1 N–H and O–H groups in total. The number of H-pyrrole nitrogens is 1. The average Bonchev–Trinajstić information content (AvgIpc) is 3.04.